The summed E-state index contributed by atoms with van der Waals surface area (Å²) in [6.07, 6.45) is 0.681. The zero-order chi connectivity index (χ0) is 18.2. The highest BCUT2D eigenvalue weighted by atomic mass is 32.2. The van der Waals surface area contributed by atoms with E-state index in [0.29, 0.717) is 19.5 Å². The van der Waals surface area contributed by atoms with Crippen molar-refractivity contribution in [2.75, 3.05) is 18.5 Å². The quantitative estimate of drug-likeness (QED) is 0.844. The molecule has 3 rings (SSSR count). The molecule has 2 aromatic rings. The van der Waals surface area contributed by atoms with Gasteiger partial charge in [-0.05, 0) is 42.7 Å². The van der Waals surface area contributed by atoms with Crippen molar-refractivity contribution in [3.63, 3.8) is 0 Å². The number of fused-ring (bicyclic) bond motifs is 1. The van der Waals surface area contributed by atoms with Crippen LogP contribution in [0.2, 0.25) is 0 Å². The van der Waals surface area contributed by atoms with E-state index in [1.54, 1.807) is 30.1 Å². The van der Waals surface area contributed by atoms with E-state index in [4.69, 9.17) is 0 Å². The van der Waals surface area contributed by atoms with E-state index in [0.717, 1.165) is 22.4 Å². The summed E-state index contributed by atoms with van der Waals surface area (Å²) in [6.45, 7) is 4.45. The van der Waals surface area contributed by atoms with Crippen molar-refractivity contribution in [3.05, 3.63) is 59.2 Å². The third-order valence-corrected chi connectivity index (χ3v) is 6.36. The molecule has 0 saturated heterocycles. The van der Waals surface area contributed by atoms with Gasteiger partial charge in [-0.25, -0.2) is 8.42 Å². The van der Waals surface area contributed by atoms with Crippen LogP contribution in [0.4, 0.5) is 5.69 Å². The molecule has 0 spiro atoms. The number of sulfonamides is 1. The lowest BCUT2D eigenvalue weighted by atomic mass is 10.1. The molecule has 0 saturated carbocycles. The van der Waals surface area contributed by atoms with E-state index in [2.05, 4.69) is 0 Å². The molecule has 0 atom stereocenters. The van der Waals surface area contributed by atoms with Crippen molar-refractivity contribution in [2.45, 2.75) is 31.7 Å². The van der Waals surface area contributed by atoms with Crippen LogP contribution in [0.1, 0.15) is 23.6 Å². The third-order valence-electron chi connectivity index (χ3n) is 4.56. The fraction of sp³-hybridized carbons (Fsp3) is 0.316. The van der Waals surface area contributed by atoms with Crippen molar-refractivity contribution in [1.29, 1.82) is 0 Å². The highest BCUT2D eigenvalue weighted by Crippen LogP contribution is 2.31. The Morgan fingerprint density at radius 2 is 1.84 bits per heavy atom. The molecule has 0 bridgehead atoms. The molecular weight excluding hydrogens is 336 g/mol. The fourth-order valence-electron chi connectivity index (χ4n) is 3.08. The second-order valence-corrected chi connectivity index (χ2v) is 8.50. The second-order valence-electron chi connectivity index (χ2n) is 6.46. The summed E-state index contributed by atoms with van der Waals surface area (Å²) in [6, 6.07) is 12.8. The molecule has 1 aliphatic rings. The summed E-state index contributed by atoms with van der Waals surface area (Å²) >= 11 is 0. The number of carbonyl (C=O) groups is 1. The number of nitrogens with zero attached hydrogens (tertiary/aromatic N) is 2. The third kappa shape index (κ3) is 3.45. The first kappa shape index (κ1) is 17.6. The van der Waals surface area contributed by atoms with E-state index in [-0.39, 0.29) is 10.8 Å². The van der Waals surface area contributed by atoms with Gasteiger partial charge in [0.1, 0.15) is 0 Å². The molecule has 1 amide bonds. The monoisotopic (exact) mass is 358 g/mol. The second kappa shape index (κ2) is 6.61. The highest BCUT2D eigenvalue weighted by Gasteiger charge is 2.26. The van der Waals surface area contributed by atoms with Crippen molar-refractivity contribution in [2.24, 2.45) is 0 Å². The summed E-state index contributed by atoms with van der Waals surface area (Å²) in [4.78, 5) is 13.6. The minimum absolute atomic E-state index is 0.0224. The summed E-state index contributed by atoms with van der Waals surface area (Å²) < 4.78 is 27.1. The number of carbonyl (C=O) groups excluding carboxylic acids is 1. The van der Waals surface area contributed by atoms with Gasteiger partial charge in [-0.2, -0.15) is 4.31 Å². The number of hydrogen-bond donors (Lipinski definition) is 0. The van der Waals surface area contributed by atoms with Crippen LogP contribution in [-0.4, -0.2) is 32.2 Å². The van der Waals surface area contributed by atoms with Crippen LogP contribution < -0.4 is 4.90 Å². The van der Waals surface area contributed by atoms with Crippen molar-refractivity contribution in [3.8, 4) is 0 Å². The molecule has 2 aromatic carbocycles. The molecule has 132 valence electrons. The van der Waals surface area contributed by atoms with Crippen LogP contribution in [0.5, 0.6) is 0 Å². The lowest BCUT2D eigenvalue weighted by Crippen LogP contribution is -2.27. The molecule has 0 N–H and O–H groups in total. The Labute approximate surface area is 148 Å². The summed E-state index contributed by atoms with van der Waals surface area (Å²) in [7, 11) is -1.99. The average Bonchev–Trinajstić information content (AvgIpc) is 3.00. The van der Waals surface area contributed by atoms with Crippen LogP contribution in [0, 0.1) is 6.92 Å². The minimum atomic E-state index is -3.58. The average molecular weight is 358 g/mol. The lowest BCUT2D eigenvalue weighted by Gasteiger charge is -2.19. The molecule has 1 aliphatic heterocycles. The van der Waals surface area contributed by atoms with E-state index in [9.17, 15) is 13.2 Å². The molecule has 6 heteroatoms. The fourth-order valence-corrected chi connectivity index (χ4v) is 4.29. The van der Waals surface area contributed by atoms with Gasteiger partial charge >= 0.3 is 0 Å². The Morgan fingerprint density at radius 3 is 2.48 bits per heavy atom. The van der Waals surface area contributed by atoms with E-state index in [1.165, 1.54) is 11.2 Å². The normalized spacial score (nSPS) is 14.0. The van der Waals surface area contributed by atoms with Gasteiger partial charge in [0.2, 0.25) is 15.9 Å². The summed E-state index contributed by atoms with van der Waals surface area (Å²) in [5.41, 5.74) is 3.80. The van der Waals surface area contributed by atoms with Crippen LogP contribution >= 0.6 is 0 Å². The maximum atomic E-state index is 12.9. The first-order valence-corrected chi connectivity index (χ1v) is 9.66. The number of rotatable bonds is 4. The Kier molecular flexibility index (Phi) is 4.67. The van der Waals surface area contributed by atoms with Gasteiger partial charge in [0.15, 0.2) is 0 Å². The summed E-state index contributed by atoms with van der Waals surface area (Å²) in [5.74, 6) is -0.0224. The molecule has 5 nitrogen and oxygen atoms in total. The number of aryl methyl sites for hydroxylation is 1. The van der Waals surface area contributed by atoms with E-state index >= 15 is 0 Å². The molecule has 0 aliphatic carbocycles. The first-order chi connectivity index (χ1) is 11.8. The van der Waals surface area contributed by atoms with Gasteiger partial charge < -0.3 is 4.90 Å². The van der Waals surface area contributed by atoms with E-state index in [1.807, 2.05) is 31.2 Å². The highest BCUT2D eigenvalue weighted by molar-refractivity contribution is 7.89. The van der Waals surface area contributed by atoms with Crippen LogP contribution in [0.3, 0.4) is 0 Å². The van der Waals surface area contributed by atoms with Crippen LogP contribution in [0.25, 0.3) is 0 Å². The lowest BCUT2D eigenvalue weighted by molar-refractivity contribution is -0.116. The van der Waals surface area contributed by atoms with Gasteiger partial charge in [-0.3, -0.25) is 4.79 Å². The molecule has 0 unspecified atom stereocenters. The Balaban J connectivity index is 1.85. The molecule has 0 fully saturated rings. The van der Waals surface area contributed by atoms with Gasteiger partial charge in [-0.1, -0.05) is 29.8 Å². The van der Waals surface area contributed by atoms with Gasteiger partial charge in [-0.15, -0.1) is 0 Å². The van der Waals surface area contributed by atoms with Gasteiger partial charge in [0.25, 0.3) is 0 Å². The molecule has 1 heterocycles. The number of amides is 1. The molecular formula is C19H22N2O3S. The summed E-state index contributed by atoms with van der Waals surface area (Å²) in [5, 5.41) is 0. The van der Waals surface area contributed by atoms with Crippen molar-refractivity contribution < 1.29 is 13.2 Å². The van der Waals surface area contributed by atoms with Gasteiger partial charge in [0.05, 0.1) is 4.90 Å². The van der Waals surface area contributed by atoms with Crippen molar-refractivity contribution in [1.82, 2.24) is 4.31 Å². The molecule has 25 heavy (non-hydrogen) atoms. The predicted molar refractivity (Wildman–Crippen MR) is 98.0 cm³/mol. The molecule has 0 aromatic heterocycles. The Morgan fingerprint density at radius 1 is 1.16 bits per heavy atom. The largest absolute Gasteiger partial charge is 0.312 e. The first-order valence-electron chi connectivity index (χ1n) is 8.22. The van der Waals surface area contributed by atoms with E-state index < -0.39 is 10.0 Å². The minimum Gasteiger partial charge on any atom is -0.312 e. The van der Waals surface area contributed by atoms with Gasteiger partial charge in [0, 0.05) is 32.7 Å². The maximum Gasteiger partial charge on any atom is 0.243 e. The standard InChI is InChI=1S/C19H22N2O3S/c1-14-4-6-16(7-5-14)13-20(3)25(23,24)18-8-9-19-17(12-18)10-11-21(19)15(2)22/h4-9,12H,10-11,13H2,1-3H3. The number of anilines is 1. The van der Waals surface area contributed by atoms with Crippen LogP contribution in [0.15, 0.2) is 47.4 Å². The number of benzene rings is 2. The topological polar surface area (TPSA) is 57.7 Å². The van der Waals surface area contributed by atoms with Crippen LogP contribution in [-0.2, 0) is 27.8 Å². The number of hydrogen-bond acceptors (Lipinski definition) is 3. The smallest absolute Gasteiger partial charge is 0.243 e. The zero-order valence-corrected chi connectivity index (χ0v) is 15.5. The Bertz CT molecular complexity index is 905. The predicted octanol–water partition coefficient (Wildman–Crippen LogP) is 2.72. The maximum absolute atomic E-state index is 12.9. The SMILES string of the molecule is CC(=O)N1CCc2cc(S(=O)(=O)N(C)Cc3ccc(C)cc3)ccc21. The zero-order valence-electron chi connectivity index (χ0n) is 14.7. The molecule has 0 radical (unpaired) electrons. The van der Waals surface area contributed by atoms with Crippen molar-refractivity contribution >= 4 is 21.6 Å². The Hall–Kier alpha value is -2.18.